The van der Waals surface area contributed by atoms with Crippen molar-refractivity contribution < 1.29 is 24.4 Å². The molecule has 358 valence electrons. The first-order chi connectivity index (χ1) is 34.5. The third kappa shape index (κ3) is 6.11. The molecule has 2 amide bonds. The van der Waals surface area contributed by atoms with Crippen LogP contribution in [-0.4, -0.2) is 99.0 Å². The van der Waals surface area contributed by atoms with E-state index in [1.807, 2.05) is 83.1 Å². The fourth-order valence-electron chi connectivity index (χ4n) is 13.4. The number of aromatic nitrogens is 7. The van der Waals surface area contributed by atoms with Crippen LogP contribution in [0.2, 0.25) is 0 Å². The molecule has 15 heteroatoms. The van der Waals surface area contributed by atoms with E-state index in [4.69, 9.17) is 16.6 Å². The Morgan fingerprint density at radius 2 is 1.33 bits per heavy atom. The number of benzene rings is 2. The lowest BCUT2D eigenvalue weighted by atomic mass is 9.68. The minimum Gasteiger partial charge on any atom is -0.390 e. The summed E-state index contributed by atoms with van der Waals surface area (Å²) in [7, 11) is 1.22. The second-order valence-corrected chi connectivity index (χ2v) is 25.0. The van der Waals surface area contributed by atoms with E-state index in [2.05, 4.69) is 49.7 Å². The first-order valence-electron chi connectivity index (χ1n) is 24.6. The minimum absolute atomic E-state index is 0.00677. The average Bonchev–Trinajstić information content (AvgIpc) is 3.60. The molecule has 14 rings (SSSR count). The van der Waals surface area contributed by atoms with Crippen LogP contribution < -0.4 is 5.44 Å². The molecule has 8 aromatic rings. The fourth-order valence-corrected chi connectivity index (χ4v) is 14.2. The molecule has 6 atom stereocenters. The maximum absolute atomic E-state index is 14.6. The van der Waals surface area contributed by atoms with E-state index in [1.54, 1.807) is 38.8 Å². The Bertz CT molecular complexity index is 3820. The van der Waals surface area contributed by atoms with E-state index in [1.165, 1.54) is 0 Å². The zero-order chi connectivity index (χ0) is 49.5. The Labute approximate surface area is 415 Å². The molecule has 2 aliphatic heterocycles. The topological polar surface area (TPSA) is 171 Å². The zero-order valence-corrected chi connectivity index (χ0v) is 41.3. The third-order valence-electron chi connectivity index (χ3n) is 16.9. The van der Waals surface area contributed by atoms with Crippen molar-refractivity contribution in [3.8, 4) is 34.6 Å². The quantitative estimate of drug-likeness (QED) is 0.123. The molecule has 72 heavy (non-hydrogen) atoms. The molecular weight excluding hydrogens is 922 g/mol. The highest BCUT2D eigenvalue weighted by atomic mass is 31.2. The Kier molecular flexibility index (Phi) is 8.85. The number of terminal acetylenes is 1. The molecule has 0 radical (unpaired) electrons. The predicted octanol–water partition coefficient (Wildman–Crippen LogP) is 8.06. The monoisotopic (exact) mass is 971 g/mol. The van der Waals surface area contributed by atoms with Crippen LogP contribution in [0.3, 0.4) is 0 Å². The van der Waals surface area contributed by atoms with Gasteiger partial charge < -0.3 is 24.6 Å². The molecule has 14 nitrogen and oxygen atoms in total. The number of aliphatic hydroxyl groups is 2. The van der Waals surface area contributed by atoms with Crippen LogP contribution in [0, 0.1) is 12.3 Å². The first-order valence-corrected chi connectivity index (χ1v) is 27.3. The average molecular weight is 972 g/mol. The number of amides is 2. The van der Waals surface area contributed by atoms with Gasteiger partial charge in [0.2, 0.25) is 0 Å². The number of pyridine rings is 3. The van der Waals surface area contributed by atoms with Gasteiger partial charge in [0.1, 0.15) is 12.7 Å². The van der Waals surface area contributed by atoms with Crippen molar-refractivity contribution >= 4 is 35.4 Å². The van der Waals surface area contributed by atoms with Gasteiger partial charge in [-0.25, -0.2) is 19.0 Å². The lowest BCUT2D eigenvalue weighted by Gasteiger charge is -2.46. The van der Waals surface area contributed by atoms with Crippen molar-refractivity contribution in [1.29, 1.82) is 0 Å². The summed E-state index contributed by atoms with van der Waals surface area (Å²) in [5.74, 6) is 2.85. The Morgan fingerprint density at radius 3 is 2.00 bits per heavy atom. The van der Waals surface area contributed by atoms with Crippen LogP contribution in [-0.2, 0) is 10.2 Å². The van der Waals surface area contributed by atoms with Gasteiger partial charge in [-0.3, -0.25) is 14.6 Å². The van der Waals surface area contributed by atoms with Crippen molar-refractivity contribution in [2.75, 3.05) is 27.4 Å². The first kappa shape index (κ1) is 43.5. The molecule has 0 spiro atoms. The van der Waals surface area contributed by atoms with E-state index in [9.17, 15) is 24.4 Å². The van der Waals surface area contributed by atoms with E-state index in [0.717, 1.165) is 84.6 Å². The number of carbonyl (C=O) groups excluding carboxylic acids is 2. The molecule has 2 saturated carbocycles. The van der Waals surface area contributed by atoms with Crippen molar-refractivity contribution in [2.45, 2.75) is 86.0 Å². The Morgan fingerprint density at radius 1 is 0.694 bits per heavy atom. The molecule has 2 fully saturated rings. The largest absolute Gasteiger partial charge is 0.390 e. The maximum Gasteiger partial charge on any atom is 0.254 e. The van der Waals surface area contributed by atoms with E-state index in [-0.39, 0.29) is 66.2 Å². The molecule has 8 heterocycles. The summed E-state index contributed by atoms with van der Waals surface area (Å²) in [5, 5.41) is 32.4. The molecule has 2 unspecified atom stereocenters. The molecule has 2 aromatic carbocycles. The van der Waals surface area contributed by atoms with Crippen LogP contribution in [0.25, 0.3) is 33.3 Å². The van der Waals surface area contributed by atoms with E-state index < -0.39 is 18.3 Å². The van der Waals surface area contributed by atoms with E-state index >= 15 is 0 Å². The molecule has 6 aliphatic rings. The molecular formula is C57H50N9O5P. The van der Waals surface area contributed by atoms with Gasteiger partial charge in [0.25, 0.3) is 11.8 Å². The lowest BCUT2D eigenvalue weighted by molar-refractivity contribution is -0.180. The van der Waals surface area contributed by atoms with E-state index in [0.29, 0.717) is 35.0 Å². The Hall–Kier alpha value is -7.30. The van der Waals surface area contributed by atoms with Gasteiger partial charge in [-0.05, 0) is 122 Å². The Balaban J connectivity index is 0.909. The van der Waals surface area contributed by atoms with Gasteiger partial charge in [0, 0.05) is 114 Å². The molecule has 6 aromatic heterocycles. The summed E-state index contributed by atoms with van der Waals surface area (Å²) in [6, 6.07) is 23.7. The second-order valence-electron chi connectivity index (χ2n) is 21.9. The number of carbonyl (C=O) groups is 2. The number of hydrogen-bond acceptors (Lipinski definition) is 10. The summed E-state index contributed by atoms with van der Waals surface area (Å²) >= 11 is 0. The summed E-state index contributed by atoms with van der Waals surface area (Å²) in [4.78, 5) is 46.4. The van der Waals surface area contributed by atoms with Gasteiger partial charge in [-0.2, -0.15) is 10.2 Å². The maximum atomic E-state index is 14.6. The van der Waals surface area contributed by atoms with Gasteiger partial charge in [0.05, 0.1) is 45.5 Å². The summed E-state index contributed by atoms with van der Waals surface area (Å²) in [6.45, 7) is 5.16. The molecule has 4 bridgehead atoms. The van der Waals surface area contributed by atoms with Crippen LogP contribution in [0.5, 0.6) is 0 Å². The number of rotatable bonds is 6. The van der Waals surface area contributed by atoms with Crippen LogP contribution in [0.1, 0.15) is 152 Å². The van der Waals surface area contributed by atoms with Gasteiger partial charge in [-0.15, -0.1) is 6.42 Å². The standard InChI is InChI=1S/C57H50N9O5P/c1-7-29-10-8-12-35-47(29)39-22-45(64(4)53(35)67)52-50(39)43-20-32(33-25-59-55(60-26-33)57(70)27-56(2,69)28-57)19-41(66(43)62-52)38-21-37(38)34-11-9-13-36-48(34)40-23-44(63(3)54(36)68)51-49(40)42-18-30(16-17-65(42)61-51)31-14-15-46(58-24-31)72(5,6)71/h1,8-20,24-26,37-40,44-45,69-70H,21-23,27-28H2,2-6H3/t37?,38?,39-,40-,44-,45-,56?,57?/m1/s1. The number of fused-ring (bicyclic) bond motifs is 18. The highest BCUT2D eigenvalue weighted by Gasteiger charge is 2.54. The number of hydrogen-bond donors (Lipinski definition) is 2. The summed E-state index contributed by atoms with van der Waals surface area (Å²) in [6.07, 6.45) is 15.9. The zero-order valence-electron chi connectivity index (χ0n) is 40.4. The fraction of sp³-hybridized carbons (Fsp3) is 0.316. The summed E-state index contributed by atoms with van der Waals surface area (Å²) < 4.78 is 16.8. The van der Waals surface area contributed by atoms with Gasteiger partial charge in [-0.1, -0.05) is 30.2 Å². The summed E-state index contributed by atoms with van der Waals surface area (Å²) in [5.41, 5.74) is 13.8. The molecule has 4 aliphatic carbocycles. The minimum atomic E-state index is -2.52. The highest BCUT2D eigenvalue weighted by Crippen LogP contribution is 2.61. The van der Waals surface area contributed by atoms with Crippen molar-refractivity contribution in [1.82, 2.24) is 44.0 Å². The van der Waals surface area contributed by atoms with Crippen molar-refractivity contribution in [3.05, 3.63) is 165 Å². The van der Waals surface area contributed by atoms with Crippen LogP contribution in [0.4, 0.5) is 0 Å². The normalized spacial score (nSPS) is 26.7. The highest BCUT2D eigenvalue weighted by molar-refractivity contribution is 7.69. The lowest BCUT2D eigenvalue weighted by Crippen LogP contribution is -2.53. The SMILES string of the molecule is C#Cc1cccc2c1[C@H]1C[C@H](c3nn4c(C5CC5c5cccc6c5[C@H]5C[C@H](c7nn8ccc(-c9ccc(P(C)(C)=O)nc9)cc8c75)N(C)C6=O)cc(-c5cnc(C6(O)CC(C)(O)C6)nc5)cc4c31)N(C)C2=O. The third-order valence-corrected chi connectivity index (χ3v) is 18.2. The van der Waals surface area contributed by atoms with Crippen molar-refractivity contribution in [2.24, 2.45) is 0 Å². The molecule has 0 saturated heterocycles. The van der Waals surface area contributed by atoms with Gasteiger partial charge in [0.15, 0.2) is 5.82 Å². The number of nitrogens with zero attached hydrogens (tertiary/aromatic N) is 9. The van der Waals surface area contributed by atoms with Gasteiger partial charge >= 0.3 is 0 Å². The smallest absolute Gasteiger partial charge is 0.254 e. The predicted molar refractivity (Wildman–Crippen MR) is 271 cm³/mol. The molecule has 2 N–H and O–H groups in total. The van der Waals surface area contributed by atoms with Crippen molar-refractivity contribution in [3.63, 3.8) is 0 Å². The second kappa shape index (κ2) is 14.7. The van der Waals surface area contributed by atoms with Crippen LogP contribution >= 0.6 is 7.14 Å². The van der Waals surface area contributed by atoms with Crippen LogP contribution in [0.15, 0.2) is 97.6 Å².